The Labute approximate surface area is 156 Å². The number of urea groups is 1. The highest BCUT2D eigenvalue weighted by Gasteiger charge is 2.18. The van der Waals surface area contributed by atoms with Gasteiger partial charge in [-0.15, -0.1) is 0 Å². The molecular weight excluding hydrogens is 384 g/mol. The van der Waals surface area contributed by atoms with E-state index < -0.39 is 16.1 Å². The van der Waals surface area contributed by atoms with Gasteiger partial charge in [-0.1, -0.05) is 41.5 Å². The van der Waals surface area contributed by atoms with Crippen LogP contribution < -0.4 is 14.8 Å². The highest BCUT2D eigenvalue weighted by atomic mass is 35.5. The number of aryl methyl sites for hydroxylation is 1. The van der Waals surface area contributed by atoms with Crippen LogP contribution in [0.25, 0.3) is 0 Å². The summed E-state index contributed by atoms with van der Waals surface area (Å²) < 4.78 is 31.4. The number of benzene rings is 2. The minimum Gasteiger partial charge on any atom is -0.486 e. The number of hydrogen-bond acceptors (Lipinski definition) is 5. The predicted octanol–water partition coefficient (Wildman–Crippen LogP) is 3.04. The first-order chi connectivity index (χ1) is 11.8. The second-order valence-electron chi connectivity index (χ2n) is 5.04. The number of nitrogens with one attached hydrogen (secondary N) is 2. The zero-order chi connectivity index (χ0) is 18.4. The van der Waals surface area contributed by atoms with Gasteiger partial charge in [0.2, 0.25) is 0 Å². The number of carbonyl (C=O) groups excluding carboxylic acids is 1. The van der Waals surface area contributed by atoms with E-state index in [0.717, 1.165) is 5.56 Å². The maximum atomic E-state index is 12.1. The standard InChI is InChI=1S/C16H15ClN2O4S2/c1-11-2-8-14(9-3-11)25(21,22)19-16(20)18-15(24)10-23-13-6-4-12(17)5-7-13/h2-9H,10H2,1H3,(H2,18,19,20,24). The monoisotopic (exact) mass is 398 g/mol. The summed E-state index contributed by atoms with van der Waals surface area (Å²) in [5.41, 5.74) is 0.906. The van der Waals surface area contributed by atoms with Crippen LogP contribution >= 0.6 is 23.8 Å². The van der Waals surface area contributed by atoms with E-state index >= 15 is 0 Å². The van der Waals surface area contributed by atoms with Crippen molar-refractivity contribution in [1.29, 1.82) is 0 Å². The molecular formula is C16H15ClN2O4S2. The summed E-state index contributed by atoms with van der Waals surface area (Å²) in [5, 5.41) is 2.81. The summed E-state index contributed by atoms with van der Waals surface area (Å²) in [6.45, 7) is 1.74. The summed E-state index contributed by atoms with van der Waals surface area (Å²) in [6, 6.07) is 11.7. The van der Waals surface area contributed by atoms with Crippen molar-refractivity contribution in [3.05, 3.63) is 59.1 Å². The van der Waals surface area contributed by atoms with Crippen molar-refractivity contribution in [1.82, 2.24) is 10.0 Å². The zero-order valence-corrected chi connectivity index (χ0v) is 15.5. The Morgan fingerprint density at radius 3 is 2.32 bits per heavy atom. The molecule has 0 aliphatic heterocycles. The number of thiocarbonyl (C=S) groups is 1. The van der Waals surface area contributed by atoms with Crippen LogP contribution in [0.3, 0.4) is 0 Å². The highest BCUT2D eigenvalue weighted by Crippen LogP contribution is 2.15. The van der Waals surface area contributed by atoms with Crippen molar-refractivity contribution in [3.8, 4) is 5.75 Å². The Bertz CT molecular complexity index is 866. The lowest BCUT2D eigenvalue weighted by Crippen LogP contribution is -2.43. The molecule has 2 amide bonds. The maximum Gasteiger partial charge on any atom is 0.333 e. The number of halogens is 1. The third-order valence-electron chi connectivity index (χ3n) is 2.99. The zero-order valence-electron chi connectivity index (χ0n) is 13.2. The molecule has 0 heterocycles. The molecule has 2 aromatic carbocycles. The van der Waals surface area contributed by atoms with Gasteiger partial charge in [0.1, 0.15) is 17.3 Å². The molecule has 0 aliphatic rings. The van der Waals surface area contributed by atoms with Gasteiger partial charge in [0, 0.05) is 5.02 Å². The van der Waals surface area contributed by atoms with E-state index in [9.17, 15) is 13.2 Å². The van der Waals surface area contributed by atoms with Crippen molar-refractivity contribution in [2.24, 2.45) is 0 Å². The van der Waals surface area contributed by atoms with Gasteiger partial charge >= 0.3 is 6.03 Å². The Hall–Kier alpha value is -2.16. The molecule has 0 radical (unpaired) electrons. The SMILES string of the molecule is Cc1ccc(S(=O)(=O)NC(=O)NC(=S)COc2ccc(Cl)cc2)cc1. The Balaban J connectivity index is 1.87. The summed E-state index contributed by atoms with van der Waals surface area (Å²) in [6.07, 6.45) is 0. The quantitative estimate of drug-likeness (QED) is 0.756. The van der Waals surface area contributed by atoms with Crippen molar-refractivity contribution in [2.45, 2.75) is 11.8 Å². The molecule has 25 heavy (non-hydrogen) atoms. The first kappa shape index (κ1) is 19.2. The fourth-order valence-corrected chi connectivity index (χ4v) is 2.95. The topological polar surface area (TPSA) is 84.5 Å². The van der Waals surface area contributed by atoms with Crippen LogP contribution in [-0.2, 0) is 10.0 Å². The summed E-state index contributed by atoms with van der Waals surface area (Å²) in [4.78, 5) is 11.8. The summed E-state index contributed by atoms with van der Waals surface area (Å²) >= 11 is 10.7. The summed E-state index contributed by atoms with van der Waals surface area (Å²) in [7, 11) is -3.97. The Morgan fingerprint density at radius 1 is 1.12 bits per heavy atom. The molecule has 0 spiro atoms. The lowest BCUT2D eigenvalue weighted by molar-refractivity contribution is 0.249. The lowest BCUT2D eigenvalue weighted by Gasteiger charge is -2.10. The smallest absolute Gasteiger partial charge is 0.333 e. The molecule has 0 bridgehead atoms. The van der Waals surface area contributed by atoms with Crippen LogP contribution in [0.1, 0.15) is 5.56 Å². The van der Waals surface area contributed by atoms with Gasteiger partial charge in [0.25, 0.3) is 10.0 Å². The molecule has 2 rings (SSSR count). The molecule has 0 atom stereocenters. The van der Waals surface area contributed by atoms with Gasteiger partial charge in [-0.05, 0) is 43.3 Å². The number of rotatable bonds is 5. The van der Waals surface area contributed by atoms with E-state index in [4.69, 9.17) is 28.6 Å². The molecule has 2 N–H and O–H groups in total. The number of amides is 2. The van der Waals surface area contributed by atoms with E-state index in [1.807, 2.05) is 11.6 Å². The van der Waals surface area contributed by atoms with Crippen LogP contribution in [0, 0.1) is 6.92 Å². The number of carbonyl (C=O) groups is 1. The predicted molar refractivity (Wildman–Crippen MR) is 99.6 cm³/mol. The highest BCUT2D eigenvalue weighted by molar-refractivity contribution is 7.90. The van der Waals surface area contributed by atoms with Crippen LogP contribution in [-0.4, -0.2) is 26.0 Å². The largest absolute Gasteiger partial charge is 0.486 e. The molecule has 2 aromatic rings. The minimum absolute atomic E-state index is 0.0171. The molecule has 0 aromatic heterocycles. The van der Waals surface area contributed by atoms with Gasteiger partial charge in [0.05, 0.1) is 4.90 Å². The van der Waals surface area contributed by atoms with E-state index in [0.29, 0.717) is 10.8 Å². The lowest BCUT2D eigenvalue weighted by atomic mass is 10.2. The number of hydrogen-bond donors (Lipinski definition) is 2. The third-order valence-corrected chi connectivity index (χ3v) is 4.81. The fourth-order valence-electron chi connectivity index (χ4n) is 1.77. The van der Waals surface area contributed by atoms with Gasteiger partial charge < -0.3 is 4.74 Å². The van der Waals surface area contributed by atoms with Crippen molar-refractivity contribution < 1.29 is 17.9 Å². The van der Waals surface area contributed by atoms with Crippen LogP contribution in [0.5, 0.6) is 5.75 Å². The van der Waals surface area contributed by atoms with Crippen molar-refractivity contribution in [3.63, 3.8) is 0 Å². The molecule has 132 valence electrons. The van der Waals surface area contributed by atoms with Crippen molar-refractivity contribution in [2.75, 3.05) is 6.61 Å². The van der Waals surface area contributed by atoms with Gasteiger partial charge in [0.15, 0.2) is 0 Å². The number of ether oxygens (including phenoxy) is 1. The second-order valence-corrected chi connectivity index (χ2v) is 7.65. The molecule has 0 fully saturated rings. The normalized spacial score (nSPS) is 10.8. The van der Waals surface area contributed by atoms with Gasteiger partial charge in [-0.2, -0.15) is 0 Å². The Kier molecular flexibility index (Phi) is 6.35. The fraction of sp³-hybridized carbons (Fsp3) is 0.125. The average molecular weight is 399 g/mol. The molecule has 9 heteroatoms. The molecule has 0 saturated heterocycles. The maximum absolute atomic E-state index is 12.1. The average Bonchev–Trinajstić information content (AvgIpc) is 2.54. The second kappa shape index (κ2) is 8.28. The molecule has 6 nitrogen and oxygen atoms in total. The Morgan fingerprint density at radius 2 is 1.72 bits per heavy atom. The van der Waals surface area contributed by atoms with E-state index in [2.05, 4.69) is 5.32 Å². The molecule has 0 unspecified atom stereocenters. The number of sulfonamides is 1. The first-order valence-corrected chi connectivity index (χ1v) is 9.35. The molecule has 0 saturated carbocycles. The molecule has 0 aliphatic carbocycles. The van der Waals surface area contributed by atoms with Gasteiger partial charge in [-0.25, -0.2) is 17.9 Å². The van der Waals surface area contributed by atoms with Gasteiger partial charge in [-0.3, -0.25) is 5.32 Å². The van der Waals surface area contributed by atoms with Crippen LogP contribution in [0.4, 0.5) is 4.79 Å². The van der Waals surface area contributed by atoms with Crippen LogP contribution in [0.15, 0.2) is 53.4 Å². The van der Waals surface area contributed by atoms with E-state index in [-0.39, 0.29) is 16.5 Å². The third kappa shape index (κ3) is 6.00. The minimum atomic E-state index is -3.97. The first-order valence-electron chi connectivity index (χ1n) is 7.08. The van der Waals surface area contributed by atoms with E-state index in [1.165, 1.54) is 12.1 Å². The van der Waals surface area contributed by atoms with Crippen LogP contribution in [0.2, 0.25) is 5.02 Å². The van der Waals surface area contributed by atoms with E-state index in [1.54, 1.807) is 36.4 Å². The summed E-state index contributed by atoms with van der Waals surface area (Å²) in [5.74, 6) is 0.515. The van der Waals surface area contributed by atoms with Crippen molar-refractivity contribution >= 4 is 44.9 Å².